The smallest absolute Gasteiger partial charge is 0.389 e. The van der Waals surface area contributed by atoms with Crippen molar-refractivity contribution in [2.45, 2.75) is 44.1 Å². The lowest BCUT2D eigenvalue weighted by molar-refractivity contribution is 0.0607. The van der Waals surface area contributed by atoms with Gasteiger partial charge in [-0.2, -0.15) is 0 Å². The molecule has 1 N–H and O–H groups in total. The summed E-state index contributed by atoms with van der Waals surface area (Å²) in [5.74, 6) is 0.692. The molecule has 2 aromatic heterocycles. The first-order chi connectivity index (χ1) is 18.1. The summed E-state index contributed by atoms with van der Waals surface area (Å²) in [4.78, 5) is 34.2. The maximum atomic E-state index is 13.9. The maximum Gasteiger partial charge on any atom is 0.414 e. The Morgan fingerprint density at radius 3 is 2.65 bits per heavy atom. The first-order valence-corrected chi connectivity index (χ1v) is 13.6. The number of fused-ring (bicyclic) bond motifs is 1. The fourth-order valence-electron chi connectivity index (χ4n) is 4.97. The number of amides is 2. The number of likely N-dealkylation sites (tertiary alicyclic amines) is 1. The van der Waals surface area contributed by atoms with E-state index in [0.717, 1.165) is 58.5 Å². The van der Waals surface area contributed by atoms with Gasteiger partial charge in [-0.25, -0.2) is 9.78 Å². The molecule has 6 rings (SSSR count). The number of thiazole rings is 1. The highest BCUT2D eigenvalue weighted by molar-refractivity contribution is 7.15. The number of piperidine rings is 1. The third-order valence-electron chi connectivity index (χ3n) is 7.09. The van der Waals surface area contributed by atoms with E-state index >= 15 is 0 Å². The molecule has 1 aliphatic carbocycles. The number of aromatic nitrogens is 3. The summed E-state index contributed by atoms with van der Waals surface area (Å²) >= 11 is 1.64. The molecule has 2 amide bonds. The number of carbonyl (C=O) groups excluding carboxylic acids is 2. The fourth-order valence-corrected chi connectivity index (χ4v) is 6.20. The van der Waals surface area contributed by atoms with Crippen molar-refractivity contribution in [3.63, 3.8) is 0 Å². The number of nitrogens with one attached hydrogen (secondary N) is 1. The van der Waals surface area contributed by atoms with Crippen molar-refractivity contribution in [1.29, 1.82) is 0 Å². The van der Waals surface area contributed by atoms with Gasteiger partial charge in [0.05, 0.1) is 20.8 Å². The van der Waals surface area contributed by atoms with E-state index in [9.17, 15) is 9.59 Å². The van der Waals surface area contributed by atoms with E-state index in [2.05, 4.69) is 10.4 Å². The maximum absolute atomic E-state index is 13.9. The van der Waals surface area contributed by atoms with Crippen molar-refractivity contribution in [2.24, 2.45) is 7.05 Å². The molecule has 0 bridgehead atoms. The number of nitrogens with zero attached hydrogens (tertiary/aromatic N) is 4. The van der Waals surface area contributed by atoms with Crippen LogP contribution in [0.1, 0.15) is 53.5 Å². The minimum atomic E-state index is -0.573. The van der Waals surface area contributed by atoms with E-state index in [1.54, 1.807) is 16.0 Å². The minimum Gasteiger partial charge on any atom is -0.389 e. The van der Waals surface area contributed by atoms with Gasteiger partial charge in [-0.15, -0.1) is 16.4 Å². The number of carbonyl (C=O) groups is 2. The Morgan fingerprint density at radius 1 is 1.05 bits per heavy atom. The number of rotatable bonds is 6. The zero-order valence-corrected chi connectivity index (χ0v) is 21.5. The Balaban J connectivity index is 1.18. The minimum absolute atomic E-state index is 0.0578. The number of hydrogen-bond acceptors (Lipinski definition) is 6. The van der Waals surface area contributed by atoms with Crippen LogP contribution in [0.5, 0.6) is 5.88 Å². The molecule has 1 saturated heterocycles. The summed E-state index contributed by atoms with van der Waals surface area (Å²) in [7, 11) is 1.81. The predicted molar refractivity (Wildman–Crippen MR) is 143 cm³/mol. The van der Waals surface area contributed by atoms with Crippen molar-refractivity contribution in [1.82, 2.24) is 25.0 Å². The standard InChI is InChI=1S/C28H29N5O3S/c1-32-22-13-6-5-12-21(22)25(31-32)36-28(35)29-17-20-11-7-8-16-33(20)27(34)23-24(18-9-3-2-4-10-18)37-26(30-23)19-14-15-19/h2-6,9-10,12-13,19-20H,7-8,11,14-17H2,1H3,(H,29,35)/t20-/m0/s1. The van der Waals surface area contributed by atoms with Crippen LogP contribution >= 0.6 is 11.3 Å². The molecule has 1 aliphatic heterocycles. The molecule has 0 radical (unpaired) electrons. The Labute approximate surface area is 219 Å². The molecular weight excluding hydrogens is 486 g/mol. The van der Waals surface area contributed by atoms with Gasteiger partial charge in [0, 0.05) is 32.1 Å². The van der Waals surface area contributed by atoms with Crippen LogP contribution in [0, 0.1) is 0 Å². The molecule has 190 valence electrons. The highest BCUT2D eigenvalue weighted by atomic mass is 32.1. The number of benzene rings is 2. The lowest BCUT2D eigenvalue weighted by Gasteiger charge is -2.35. The first kappa shape index (κ1) is 23.7. The van der Waals surface area contributed by atoms with Crippen molar-refractivity contribution in [3.8, 4) is 16.3 Å². The summed E-state index contributed by atoms with van der Waals surface area (Å²) in [5, 5.41) is 9.03. The van der Waals surface area contributed by atoms with Crippen LogP contribution in [0.25, 0.3) is 21.3 Å². The van der Waals surface area contributed by atoms with E-state index in [1.165, 1.54) is 0 Å². The fraction of sp³-hybridized carbons (Fsp3) is 0.357. The van der Waals surface area contributed by atoms with Gasteiger partial charge in [0.1, 0.15) is 5.69 Å². The van der Waals surface area contributed by atoms with Gasteiger partial charge in [-0.1, -0.05) is 42.5 Å². The lowest BCUT2D eigenvalue weighted by atomic mass is 10.0. The summed E-state index contributed by atoms with van der Waals surface area (Å²) < 4.78 is 7.23. The molecule has 2 fully saturated rings. The Kier molecular flexibility index (Phi) is 6.38. The van der Waals surface area contributed by atoms with Gasteiger partial charge in [0.15, 0.2) is 0 Å². The van der Waals surface area contributed by atoms with Crippen LogP contribution < -0.4 is 10.1 Å². The molecular formula is C28H29N5O3S. The van der Waals surface area contributed by atoms with Crippen LogP contribution in [0.3, 0.4) is 0 Å². The van der Waals surface area contributed by atoms with E-state index in [0.29, 0.717) is 24.7 Å². The highest BCUT2D eigenvalue weighted by Crippen LogP contribution is 2.45. The summed E-state index contributed by atoms with van der Waals surface area (Å²) in [6, 6.07) is 17.5. The molecule has 2 aliphatic rings. The van der Waals surface area contributed by atoms with Crippen molar-refractivity contribution in [3.05, 3.63) is 65.3 Å². The van der Waals surface area contributed by atoms with Crippen molar-refractivity contribution in [2.75, 3.05) is 13.1 Å². The van der Waals surface area contributed by atoms with Crippen LogP contribution in [-0.2, 0) is 7.05 Å². The number of para-hydroxylation sites is 1. The normalized spacial score (nSPS) is 17.6. The Bertz CT molecular complexity index is 1440. The molecule has 2 aromatic carbocycles. The molecule has 0 unspecified atom stereocenters. The second-order valence-corrected chi connectivity index (χ2v) is 10.8. The molecule has 37 heavy (non-hydrogen) atoms. The number of aryl methyl sites for hydroxylation is 1. The van der Waals surface area contributed by atoms with E-state index < -0.39 is 6.09 Å². The van der Waals surface area contributed by atoms with E-state index in [4.69, 9.17) is 9.72 Å². The monoisotopic (exact) mass is 515 g/mol. The molecule has 3 heterocycles. The molecule has 4 aromatic rings. The van der Waals surface area contributed by atoms with Crippen LogP contribution in [0.2, 0.25) is 0 Å². The molecule has 1 atom stereocenters. The SMILES string of the molecule is Cn1nc(OC(=O)NC[C@@H]2CCCCN2C(=O)c2nc(C3CC3)sc2-c2ccccc2)c2ccccc21. The summed E-state index contributed by atoms with van der Waals surface area (Å²) in [6.07, 6.45) is 4.47. The largest absolute Gasteiger partial charge is 0.414 e. The Morgan fingerprint density at radius 2 is 1.84 bits per heavy atom. The lowest BCUT2D eigenvalue weighted by Crippen LogP contribution is -2.50. The molecule has 0 spiro atoms. The topological polar surface area (TPSA) is 89.4 Å². The first-order valence-electron chi connectivity index (χ1n) is 12.8. The number of hydrogen-bond donors (Lipinski definition) is 1. The zero-order valence-electron chi connectivity index (χ0n) is 20.7. The summed E-state index contributed by atoms with van der Waals surface area (Å²) in [6.45, 7) is 0.964. The van der Waals surface area contributed by atoms with Gasteiger partial charge in [-0.05, 0) is 49.8 Å². The van der Waals surface area contributed by atoms with Gasteiger partial charge in [0.2, 0.25) is 0 Å². The molecule has 9 heteroatoms. The second-order valence-electron chi connectivity index (χ2n) is 9.73. The predicted octanol–water partition coefficient (Wildman–Crippen LogP) is 5.36. The van der Waals surface area contributed by atoms with Crippen LogP contribution in [0.15, 0.2) is 54.6 Å². The number of ether oxygens (including phenoxy) is 1. The highest BCUT2D eigenvalue weighted by Gasteiger charge is 2.34. The quantitative estimate of drug-likeness (QED) is 0.374. The Hall–Kier alpha value is -3.72. The van der Waals surface area contributed by atoms with Crippen LogP contribution in [-0.4, -0.2) is 50.8 Å². The average molecular weight is 516 g/mol. The van der Waals surface area contributed by atoms with Gasteiger partial charge >= 0.3 is 6.09 Å². The second kappa shape index (κ2) is 9.97. The van der Waals surface area contributed by atoms with Gasteiger partial charge in [-0.3, -0.25) is 9.48 Å². The van der Waals surface area contributed by atoms with E-state index in [-0.39, 0.29) is 17.8 Å². The van der Waals surface area contributed by atoms with E-state index in [1.807, 2.05) is 66.5 Å². The van der Waals surface area contributed by atoms with Crippen molar-refractivity contribution >= 4 is 34.2 Å². The third-order valence-corrected chi connectivity index (χ3v) is 8.36. The van der Waals surface area contributed by atoms with Crippen LogP contribution in [0.4, 0.5) is 4.79 Å². The van der Waals surface area contributed by atoms with Crippen molar-refractivity contribution < 1.29 is 14.3 Å². The molecule has 1 saturated carbocycles. The average Bonchev–Trinajstić information content (AvgIpc) is 3.61. The summed E-state index contributed by atoms with van der Waals surface area (Å²) in [5.41, 5.74) is 2.44. The molecule has 8 nitrogen and oxygen atoms in total. The van der Waals surface area contributed by atoms with Gasteiger partial charge < -0.3 is 15.0 Å². The third kappa shape index (κ3) is 4.83. The van der Waals surface area contributed by atoms with Gasteiger partial charge in [0.25, 0.3) is 11.8 Å². The zero-order chi connectivity index (χ0) is 25.4.